The van der Waals surface area contributed by atoms with Crippen molar-refractivity contribution in [3.63, 3.8) is 0 Å². The molecule has 0 spiro atoms. The summed E-state index contributed by atoms with van der Waals surface area (Å²) in [6, 6.07) is 13.6. The van der Waals surface area contributed by atoms with E-state index in [0.717, 1.165) is 52.3 Å². The Bertz CT molecular complexity index is 1400. The molecular formula is C23H20N2O4S. The van der Waals surface area contributed by atoms with Crippen LogP contribution in [0.4, 0.5) is 5.69 Å². The maximum atomic E-state index is 13.6. The van der Waals surface area contributed by atoms with Crippen LogP contribution in [-0.4, -0.2) is 19.3 Å². The first-order valence-electron chi connectivity index (χ1n) is 9.91. The van der Waals surface area contributed by atoms with Gasteiger partial charge in [0.1, 0.15) is 16.2 Å². The van der Waals surface area contributed by atoms with Gasteiger partial charge in [0, 0.05) is 35.9 Å². The second kappa shape index (κ2) is 6.95. The molecule has 2 aromatic heterocycles. The number of carbonyl (C=O) groups excluding carboxylic acids is 1. The highest BCUT2D eigenvalue weighted by Crippen LogP contribution is 2.36. The van der Waals surface area contributed by atoms with Gasteiger partial charge in [0.15, 0.2) is 0 Å². The number of pyridine rings is 1. The van der Waals surface area contributed by atoms with Gasteiger partial charge in [-0.2, -0.15) is 0 Å². The first-order valence-corrected chi connectivity index (χ1v) is 11.3. The van der Waals surface area contributed by atoms with E-state index in [0.29, 0.717) is 16.6 Å². The molecule has 7 heteroatoms. The summed E-state index contributed by atoms with van der Waals surface area (Å²) in [5, 5.41) is 1.57. The molecule has 0 radical (unpaired) electrons. The van der Waals surface area contributed by atoms with E-state index >= 15 is 0 Å². The lowest BCUT2D eigenvalue weighted by Crippen LogP contribution is -2.35. The summed E-state index contributed by atoms with van der Waals surface area (Å²) in [5.74, 6) is 0.378. The predicted octanol–water partition coefficient (Wildman–Crippen LogP) is 4.60. The van der Waals surface area contributed by atoms with E-state index in [4.69, 9.17) is 4.42 Å². The molecule has 0 aliphatic heterocycles. The fourth-order valence-corrected chi connectivity index (χ4v) is 5.84. The van der Waals surface area contributed by atoms with Crippen molar-refractivity contribution in [3.05, 3.63) is 66.1 Å². The Balaban J connectivity index is 1.69. The van der Waals surface area contributed by atoms with Crippen LogP contribution in [0.1, 0.15) is 31.1 Å². The molecule has 1 aliphatic carbocycles. The average Bonchev–Trinajstić information content (AvgIpc) is 3.11. The zero-order chi connectivity index (χ0) is 20.9. The summed E-state index contributed by atoms with van der Waals surface area (Å²) in [7, 11) is -4.16. The van der Waals surface area contributed by atoms with Crippen molar-refractivity contribution in [2.45, 2.75) is 37.5 Å². The number of fused-ring (bicyclic) bond motifs is 4. The van der Waals surface area contributed by atoms with Gasteiger partial charge < -0.3 is 4.42 Å². The summed E-state index contributed by atoms with van der Waals surface area (Å²) >= 11 is 0. The van der Waals surface area contributed by atoms with Crippen LogP contribution >= 0.6 is 0 Å². The molecule has 152 valence electrons. The third-order valence-corrected chi connectivity index (χ3v) is 7.41. The van der Waals surface area contributed by atoms with Crippen molar-refractivity contribution < 1.29 is 17.6 Å². The number of sulfonamides is 1. The highest BCUT2D eigenvalue weighted by molar-refractivity contribution is 7.93. The molecule has 5 rings (SSSR count). The number of aromatic nitrogens is 1. The van der Waals surface area contributed by atoms with Gasteiger partial charge in [-0.25, -0.2) is 12.7 Å². The van der Waals surface area contributed by atoms with Crippen LogP contribution in [0.15, 0.2) is 64.0 Å². The molecule has 0 bridgehead atoms. The van der Waals surface area contributed by atoms with Crippen LogP contribution in [0.3, 0.4) is 0 Å². The van der Waals surface area contributed by atoms with E-state index in [9.17, 15) is 13.2 Å². The minimum atomic E-state index is -4.16. The van der Waals surface area contributed by atoms with Gasteiger partial charge in [0.25, 0.3) is 10.0 Å². The third-order valence-electron chi connectivity index (χ3n) is 5.57. The van der Waals surface area contributed by atoms with Crippen LogP contribution in [0.25, 0.3) is 21.9 Å². The Morgan fingerprint density at radius 1 is 1.07 bits per heavy atom. The molecule has 1 aliphatic rings. The van der Waals surface area contributed by atoms with Crippen LogP contribution < -0.4 is 4.31 Å². The molecule has 0 saturated heterocycles. The number of aryl methyl sites for hydroxylation is 2. The molecule has 1 amide bonds. The topological polar surface area (TPSA) is 80.5 Å². The number of anilines is 1. The predicted molar refractivity (Wildman–Crippen MR) is 115 cm³/mol. The van der Waals surface area contributed by atoms with Gasteiger partial charge in [-0.05, 0) is 49.6 Å². The third kappa shape index (κ3) is 2.89. The summed E-state index contributed by atoms with van der Waals surface area (Å²) in [5.41, 5.74) is 2.48. The molecule has 2 heterocycles. The van der Waals surface area contributed by atoms with Gasteiger partial charge in [0.05, 0.1) is 11.2 Å². The minimum Gasteiger partial charge on any atom is -0.461 e. The van der Waals surface area contributed by atoms with Crippen molar-refractivity contribution in [1.82, 2.24) is 4.98 Å². The van der Waals surface area contributed by atoms with Crippen molar-refractivity contribution in [2.75, 3.05) is 4.31 Å². The monoisotopic (exact) mass is 420 g/mol. The fraction of sp³-hybridized carbons (Fsp3) is 0.217. The molecule has 0 saturated carbocycles. The number of benzene rings is 2. The van der Waals surface area contributed by atoms with Crippen LogP contribution in [0.2, 0.25) is 0 Å². The van der Waals surface area contributed by atoms with Gasteiger partial charge in [0.2, 0.25) is 5.91 Å². The van der Waals surface area contributed by atoms with Crippen LogP contribution in [0, 0.1) is 0 Å². The standard InChI is InChI=1S/C23H20N2O4S/c1-15(26)25(30(27,28)22-10-4-6-16-7-5-13-24-23(16)22)17-11-12-21-19(14-17)18-8-2-3-9-20(18)29-21/h4-7,10-14H,2-3,8-9H2,1H3. The Labute approximate surface area is 174 Å². The number of furan rings is 1. The molecule has 30 heavy (non-hydrogen) atoms. The molecule has 0 unspecified atom stereocenters. The molecule has 0 atom stereocenters. The number of hydrogen-bond acceptors (Lipinski definition) is 5. The molecule has 2 aromatic carbocycles. The van der Waals surface area contributed by atoms with E-state index < -0.39 is 15.9 Å². The number of amides is 1. The molecule has 6 nitrogen and oxygen atoms in total. The lowest BCUT2D eigenvalue weighted by atomic mass is 9.96. The van der Waals surface area contributed by atoms with Crippen LogP contribution in [0.5, 0.6) is 0 Å². The van der Waals surface area contributed by atoms with Gasteiger partial charge in [-0.15, -0.1) is 0 Å². The Morgan fingerprint density at radius 2 is 1.87 bits per heavy atom. The molecular weight excluding hydrogens is 400 g/mol. The van der Waals surface area contributed by atoms with E-state index in [-0.39, 0.29) is 4.90 Å². The SMILES string of the molecule is CC(=O)N(c1ccc2oc3c(c2c1)CCCC3)S(=O)(=O)c1cccc2cccnc12. The van der Waals surface area contributed by atoms with Gasteiger partial charge >= 0.3 is 0 Å². The maximum absolute atomic E-state index is 13.6. The highest BCUT2D eigenvalue weighted by Gasteiger charge is 2.31. The van der Waals surface area contributed by atoms with Gasteiger partial charge in [-0.3, -0.25) is 9.78 Å². The van der Waals surface area contributed by atoms with Crippen LogP contribution in [-0.2, 0) is 27.7 Å². The summed E-state index contributed by atoms with van der Waals surface area (Å²) in [4.78, 5) is 16.8. The average molecular weight is 420 g/mol. The number of hydrogen-bond donors (Lipinski definition) is 0. The number of para-hydroxylation sites is 1. The lowest BCUT2D eigenvalue weighted by molar-refractivity contribution is -0.115. The van der Waals surface area contributed by atoms with Gasteiger partial charge in [-0.1, -0.05) is 18.2 Å². The zero-order valence-corrected chi connectivity index (χ0v) is 17.3. The van der Waals surface area contributed by atoms with E-state index in [1.807, 2.05) is 0 Å². The first kappa shape index (κ1) is 18.8. The molecule has 0 fully saturated rings. The Kier molecular flexibility index (Phi) is 4.36. The molecule has 4 aromatic rings. The zero-order valence-electron chi connectivity index (χ0n) is 16.5. The van der Waals surface area contributed by atoms with Crippen molar-refractivity contribution in [2.24, 2.45) is 0 Å². The van der Waals surface area contributed by atoms with E-state index in [1.165, 1.54) is 13.0 Å². The van der Waals surface area contributed by atoms with Crippen molar-refractivity contribution in [1.29, 1.82) is 0 Å². The number of nitrogens with zero attached hydrogens (tertiary/aromatic N) is 2. The minimum absolute atomic E-state index is 0.00474. The maximum Gasteiger partial charge on any atom is 0.273 e. The second-order valence-electron chi connectivity index (χ2n) is 7.51. The Hall–Kier alpha value is -3.19. The summed E-state index contributed by atoms with van der Waals surface area (Å²) in [6.07, 6.45) is 5.48. The van der Waals surface area contributed by atoms with Crippen molar-refractivity contribution >= 4 is 43.5 Å². The quantitative estimate of drug-likeness (QED) is 0.484. The molecule has 0 N–H and O–H groups in total. The normalized spacial score (nSPS) is 14.0. The largest absolute Gasteiger partial charge is 0.461 e. The summed E-state index contributed by atoms with van der Waals surface area (Å²) < 4.78 is 34.0. The highest BCUT2D eigenvalue weighted by atomic mass is 32.2. The first-order chi connectivity index (χ1) is 14.5. The fourth-order valence-electron chi connectivity index (χ4n) is 4.25. The smallest absolute Gasteiger partial charge is 0.273 e. The number of rotatable bonds is 3. The Morgan fingerprint density at radius 3 is 2.70 bits per heavy atom. The summed E-state index contributed by atoms with van der Waals surface area (Å²) in [6.45, 7) is 1.26. The number of carbonyl (C=O) groups is 1. The second-order valence-corrected chi connectivity index (χ2v) is 9.27. The van der Waals surface area contributed by atoms with E-state index in [1.54, 1.807) is 48.7 Å². The van der Waals surface area contributed by atoms with Crippen molar-refractivity contribution in [3.8, 4) is 0 Å². The van der Waals surface area contributed by atoms with E-state index in [2.05, 4.69) is 4.98 Å². The lowest BCUT2D eigenvalue weighted by Gasteiger charge is -2.22.